The van der Waals surface area contributed by atoms with E-state index in [9.17, 15) is 0 Å². The zero-order valence-corrected chi connectivity index (χ0v) is 23.9. The Balaban J connectivity index is 1.81. The van der Waals surface area contributed by atoms with Gasteiger partial charge in [0.25, 0.3) is 0 Å². The molecule has 0 spiro atoms. The molecule has 180 valence electrons. The maximum atomic E-state index is 2.46. The summed E-state index contributed by atoms with van der Waals surface area (Å²) in [5.74, 6) is 1.48. The van der Waals surface area contributed by atoms with E-state index < -0.39 is 0 Å². The van der Waals surface area contributed by atoms with Gasteiger partial charge < -0.3 is 0 Å². The molecular weight excluding hydrogens is 434 g/mol. The maximum absolute atomic E-state index is 2.46. The van der Waals surface area contributed by atoms with Crippen LogP contribution in [0.15, 0.2) is 24.3 Å². The Morgan fingerprint density at radius 3 is 1.21 bits per heavy atom. The first-order valence-electron chi connectivity index (χ1n) is 13.5. The lowest BCUT2D eigenvalue weighted by molar-refractivity contribution is 0.485. The second-order valence-electron chi connectivity index (χ2n) is 11.2. The Labute approximate surface area is 206 Å². The molecular formula is C31H46P2. The third-order valence-electron chi connectivity index (χ3n) is 8.20. The van der Waals surface area contributed by atoms with Crippen LogP contribution in [0.2, 0.25) is 0 Å². The van der Waals surface area contributed by atoms with Crippen molar-refractivity contribution in [1.82, 2.24) is 0 Å². The van der Waals surface area contributed by atoms with Gasteiger partial charge in [-0.25, -0.2) is 0 Å². The Bertz CT molecular complexity index is 826. The number of aryl methyl sites for hydroxylation is 6. The zero-order valence-electron chi connectivity index (χ0n) is 22.1. The van der Waals surface area contributed by atoms with E-state index in [1.807, 2.05) is 0 Å². The van der Waals surface area contributed by atoms with Crippen LogP contribution in [0.4, 0.5) is 0 Å². The third-order valence-corrected chi connectivity index (χ3v) is 16.0. The SMILES string of the molecule is Cc1cc(C)c(P(CP(C2CCCCC2)C2CCCCC2)c2c(C)cc(C)cc2C)c(C)c1. The summed E-state index contributed by atoms with van der Waals surface area (Å²) in [5.41, 5.74) is 11.1. The fourth-order valence-corrected chi connectivity index (χ4v) is 16.1. The molecule has 2 aliphatic carbocycles. The third kappa shape index (κ3) is 5.93. The van der Waals surface area contributed by atoms with E-state index in [1.165, 1.54) is 81.2 Å². The van der Waals surface area contributed by atoms with Crippen molar-refractivity contribution in [3.8, 4) is 0 Å². The largest absolute Gasteiger partial charge is 0.0953 e. The molecule has 0 amide bonds. The molecule has 2 aromatic rings. The van der Waals surface area contributed by atoms with Crippen molar-refractivity contribution in [3.63, 3.8) is 0 Å². The summed E-state index contributed by atoms with van der Waals surface area (Å²) in [6, 6.07) is 9.83. The molecule has 2 aliphatic rings. The van der Waals surface area contributed by atoms with Crippen molar-refractivity contribution in [3.05, 3.63) is 57.6 Å². The zero-order chi connectivity index (χ0) is 23.5. The minimum Gasteiger partial charge on any atom is -0.0953 e. The second-order valence-corrected chi connectivity index (χ2v) is 16.5. The van der Waals surface area contributed by atoms with Gasteiger partial charge in [0.1, 0.15) is 0 Å². The Hall–Kier alpha value is -0.700. The van der Waals surface area contributed by atoms with Crippen molar-refractivity contribution in [2.75, 3.05) is 5.90 Å². The lowest BCUT2D eigenvalue weighted by Gasteiger charge is -2.41. The predicted octanol–water partition coefficient (Wildman–Crippen LogP) is 9.07. The van der Waals surface area contributed by atoms with Gasteiger partial charge in [-0.2, -0.15) is 0 Å². The van der Waals surface area contributed by atoms with Crippen molar-refractivity contribution in [1.29, 1.82) is 0 Å². The van der Waals surface area contributed by atoms with Gasteiger partial charge in [-0.15, -0.1) is 0 Å². The van der Waals surface area contributed by atoms with Crippen LogP contribution in [0.1, 0.15) is 97.6 Å². The fraction of sp³-hybridized carbons (Fsp3) is 0.613. The minimum atomic E-state index is -0.319. The lowest BCUT2D eigenvalue weighted by atomic mass is 9.99. The maximum Gasteiger partial charge on any atom is -0.00346 e. The lowest BCUT2D eigenvalue weighted by Crippen LogP contribution is -2.27. The topological polar surface area (TPSA) is 0 Å². The molecule has 2 fully saturated rings. The normalized spacial score (nSPS) is 18.4. The van der Waals surface area contributed by atoms with Gasteiger partial charge >= 0.3 is 0 Å². The van der Waals surface area contributed by atoms with Gasteiger partial charge in [0.15, 0.2) is 0 Å². The molecule has 0 aromatic heterocycles. The highest BCUT2D eigenvalue weighted by Gasteiger charge is 2.35. The summed E-state index contributed by atoms with van der Waals surface area (Å²) in [6.07, 6.45) is 15.0. The molecule has 0 bridgehead atoms. The minimum absolute atomic E-state index is 0.0803. The van der Waals surface area contributed by atoms with Crippen LogP contribution < -0.4 is 10.6 Å². The predicted molar refractivity (Wildman–Crippen MR) is 153 cm³/mol. The highest BCUT2D eigenvalue weighted by molar-refractivity contribution is 7.83. The Morgan fingerprint density at radius 1 is 0.545 bits per heavy atom. The van der Waals surface area contributed by atoms with E-state index in [1.54, 1.807) is 32.9 Å². The summed E-state index contributed by atoms with van der Waals surface area (Å²) >= 11 is 0. The number of rotatable bonds is 6. The molecule has 0 N–H and O–H groups in total. The number of benzene rings is 2. The molecule has 2 aromatic carbocycles. The Kier molecular flexibility index (Phi) is 8.74. The van der Waals surface area contributed by atoms with Gasteiger partial charge in [0.05, 0.1) is 0 Å². The summed E-state index contributed by atoms with van der Waals surface area (Å²) in [5, 5.41) is 3.43. The smallest absolute Gasteiger partial charge is 0.00346 e. The molecule has 2 heteroatoms. The average Bonchev–Trinajstić information content (AvgIpc) is 2.77. The van der Waals surface area contributed by atoms with Gasteiger partial charge in [0, 0.05) is 0 Å². The number of hydrogen-bond donors (Lipinski definition) is 0. The van der Waals surface area contributed by atoms with Gasteiger partial charge in [-0.05, 0) is 125 Å². The van der Waals surface area contributed by atoms with Crippen LogP contribution in [0.3, 0.4) is 0 Å². The van der Waals surface area contributed by atoms with E-state index in [4.69, 9.17) is 0 Å². The highest BCUT2D eigenvalue weighted by Crippen LogP contribution is 2.62. The van der Waals surface area contributed by atoms with E-state index in [0.717, 1.165) is 11.3 Å². The van der Waals surface area contributed by atoms with Gasteiger partial charge in [-0.1, -0.05) is 81.8 Å². The standard InChI is InChI=1S/C31H46P2/c1-22-17-24(3)30(25(4)18-22)33(31-26(5)19-23(2)20-27(31)6)21-32(28-13-9-7-10-14-28)29-15-11-8-12-16-29/h17-20,28-29H,7-16,21H2,1-6H3. The van der Waals surface area contributed by atoms with Crippen molar-refractivity contribution in [2.45, 2.75) is 117 Å². The molecule has 0 atom stereocenters. The van der Waals surface area contributed by atoms with E-state index in [-0.39, 0.29) is 15.8 Å². The molecule has 0 radical (unpaired) electrons. The van der Waals surface area contributed by atoms with Crippen molar-refractivity contribution in [2.24, 2.45) is 0 Å². The first-order chi connectivity index (χ1) is 15.8. The van der Waals surface area contributed by atoms with Crippen LogP contribution in [-0.2, 0) is 0 Å². The fourth-order valence-electron chi connectivity index (χ4n) is 6.97. The van der Waals surface area contributed by atoms with E-state index >= 15 is 0 Å². The molecule has 0 saturated heterocycles. The molecule has 0 nitrogen and oxygen atoms in total. The van der Waals surface area contributed by atoms with Crippen LogP contribution in [0.25, 0.3) is 0 Å². The summed E-state index contributed by atoms with van der Waals surface area (Å²) in [7, 11) is -0.239. The molecule has 4 rings (SSSR count). The molecule has 0 unspecified atom stereocenters. The average molecular weight is 481 g/mol. The second kappa shape index (κ2) is 11.4. The van der Waals surface area contributed by atoms with Gasteiger partial charge in [-0.3, -0.25) is 0 Å². The Morgan fingerprint density at radius 2 is 0.879 bits per heavy atom. The summed E-state index contributed by atoms with van der Waals surface area (Å²) in [6.45, 7) is 14.1. The van der Waals surface area contributed by atoms with Crippen molar-refractivity contribution >= 4 is 26.5 Å². The molecule has 0 aliphatic heterocycles. The molecule has 0 heterocycles. The van der Waals surface area contributed by atoms with E-state index in [2.05, 4.69) is 65.8 Å². The first-order valence-corrected chi connectivity index (χ1v) is 16.7. The van der Waals surface area contributed by atoms with Crippen LogP contribution in [0.5, 0.6) is 0 Å². The van der Waals surface area contributed by atoms with E-state index in [0.29, 0.717) is 0 Å². The van der Waals surface area contributed by atoms with Gasteiger partial charge in [0.2, 0.25) is 0 Å². The van der Waals surface area contributed by atoms with Crippen LogP contribution in [0, 0.1) is 41.5 Å². The van der Waals surface area contributed by atoms with Crippen molar-refractivity contribution < 1.29 is 0 Å². The number of hydrogen-bond acceptors (Lipinski definition) is 0. The monoisotopic (exact) mass is 480 g/mol. The summed E-state index contributed by atoms with van der Waals surface area (Å²) in [4.78, 5) is 0. The first kappa shape index (κ1) is 25.4. The highest BCUT2D eigenvalue weighted by atomic mass is 31.2. The summed E-state index contributed by atoms with van der Waals surface area (Å²) < 4.78 is 0. The van der Waals surface area contributed by atoms with Crippen LogP contribution in [-0.4, -0.2) is 17.2 Å². The molecule has 2 saturated carbocycles. The van der Waals surface area contributed by atoms with Crippen LogP contribution >= 0.6 is 15.8 Å². The quantitative estimate of drug-likeness (QED) is 0.362. The molecule has 33 heavy (non-hydrogen) atoms.